The lowest BCUT2D eigenvalue weighted by atomic mass is 10.1. The molecule has 3 rings (SSSR count). The first-order chi connectivity index (χ1) is 14.5. The number of nitrogens with zero attached hydrogens (tertiary/aromatic N) is 3. The second-order valence-electron chi connectivity index (χ2n) is 6.66. The number of hydrogen-bond donors (Lipinski definition) is 0. The number of anilines is 1. The van der Waals surface area contributed by atoms with Gasteiger partial charge in [-0.3, -0.25) is 20.2 Å². The molecule has 0 radical (unpaired) electrons. The summed E-state index contributed by atoms with van der Waals surface area (Å²) in [5, 5.41) is 21.7. The van der Waals surface area contributed by atoms with Gasteiger partial charge in [-0.15, -0.1) is 0 Å². The van der Waals surface area contributed by atoms with Gasteiger partial charge in [0.1, 0.15) is 11.5 Å². The van der Waals surface area contributed by atoms with E-state index in [-0.39, 0.29) is 11.4 Å². The van der Waals surface area contributed by atoms with Crippen molar-refractivity contribution in [3.8, 4) is 11.5 Å². The summed E-state index contributed by atoms with van der Waals surface area (Å²) in [5.74, 6) is 1.15. The lowest BCUT2D eigenvalue weighted by Gasteiger charge is -2.25. The molecule has 0 aliphatic rings. The van der Waals surface area contributed by atoms with Gasteiger partial charge >= 0.3 is 0 Å². The Morgan fingerprint density at radius 1 is 0.833 bits per heavy atom. The Labute approximate surface area is 173 Å². The van der Waals surface area contributed by atoms with Crippen LogP contribution in [0.1, 0.15) is 18.9 Å². The highest BCUT2D eigenvalue weighted by molar-refractivity contribution is 5.52. The number of nitro groups is 2. The van der Waals surface area contributed by atoms with Crippen LogP contribution in [-0.2, 0) is 6.54 Å². The van der Waals surface area contributed by atoms with E-state index in [9.17, 15) is 20.2 Å². The molecule has 0 aromatic heterocycles. The third-order valence-electron chi connectivity index (χ3n) is 4.53. The Kier molecular flexibility index (Phi) is 6.59. The van der Waals surface area contributed by atoms with E-state index in [1.54, 1.807) is 24.3 Å². The van der Waals surface area contributed by atoms with E-state index in [2.05, 4.69) is 11.8 Å². The van der Waals surface area contributed by atoms with Crippen LogP contribution in [0.25, 0.3) is 0 Å². The molecule has 3 aromatic rings. The summed E-state index contributed by atoms with van der Waals surface area (Å²) in [6.45, 7) is 3.39. The van der Waals surface area contributed by atoms with Gasteiger partial charge in [-0.25, -0.2) is 0 Å². The highest BCUT2D eigenvalue weighted by atomic mass is 16.6. The summed E-state index contributed by atoms with van der Waals surface area (Å²) >= 11 is 0. The predicted octanol–water partition coefficient (Wildman–Crippen LogP) is 5.71. The number of benzene rings is 3. The van der Waals surface area contributed by atoms with Gasteiger partial charge in [-0.2, -0.15) is 0 Å². The van der Waals surface area contributed by atoms with Crippen LogP contribution in [0.3, 0.4) is 0 Å². The molecule has 0 atom stereocenters. The highest BCUT2D eigenvalue weighted by Gasteiger charge is 2.13. The van der Waals surface area contributed by atoms with Crippen LogP contribution in [0, 0.1) is 20.2 Å². The summed E-state index contributed by atoms with van der Waals surface area (Å²) in [6, 6.07) is 20.0. The molecule has 0 saturated heterocycles. The van der Waals surface area contributed by atoms with Crippen LogP contribution >= 0.6 is 0 Å². The van der Waals surface area contributed by atoms with Gasteiger partial charge in [0.05, 0.1) is 9.85 Å². The van der Waals surface area contributed by atoms with Crippen LogP contribution < -0.4 is 9.64 Å². The number of nitro benzene ring substituents is 2. The molecule has 0 N–H and O–H groups in total. The lowest BCUT2D eigenvalue weighted by Crippen LogP contribution is -2.23. The molecule has 0 fully saturated rings. The predicted molar refractivity (Wildman–Crippen MR) is 114 cm³/mol. The average Bonchev–Trinajstić information content (AvgIpc) is 2.75. The minimum Gasteiger partial charge on any atom is -0.457 e. The molecule has 0 bridgehead atoms. The van der Waals surface area contributed by atoms with Crippen molar-refractivity contribution in [1.82, 2.24) is 0 Å². The van der Waals surface area contributed by atoms with Gasteiger partial charge in [-0.1, -0.05) is 25.1 Å². The van der Waals surface area contributed by atoms with Gasteiger partial charge in [-0.05, 0) is 36.8 Å². The average molecular weight is 407 g/mol. The standard InChI is InChI=1S/C22H21N3O5/c1-2-15-23(18-7-9-19(10-8-18)24(26)27)16-17-5-3-4-6-22(17)30-21-13-11-20(12-14-21)25(28)29/h3-14H,2,15-16H2,1H3. The Hall–Kier alpha value is -3.94. The summed E-state index contributed by atoms with van der Waals surface area (Å²) in [7, 11) is 0. The molecule has 30 heavy (non-hydrogen) atoms. The third-order valence-corrected chi connectivity index (χ3v) is 4.53. The van der Waals surface area contributed by atoms with Crippen molar-refractivity contribution >= 4 is 17.1 Å². The van der Waals surface area contributed by atoms with E-state index in [0.717, 1.165) is 24.2 Å². The smallest absolute Gasteiger partial charge is 0.269 e. The van der Waals surface area contributed by atoms with Gasteiger partial charge in [0, 0.05) is 48.6 Å². The maximum atomic E-state index is 10.9. The zero-order valence-corrected chi connectivity index (χ0v) is 16.4. The third kappa shape index (κ3) is 5.11. The Morgan fingerprint density at radius 2 is 1.40 bits per heavy atom. The molecule has 0 heterocycles. The van der Waals surface area contributed by atoms with Crippen molar-refractivity contribution in [2.45, 2.75) is 19.9 Å². The molecule has 0 amide bonds. The minimum atomic E-state index is -0.454. The fourth-order valence-electron chi connectivity index (χ4n) is 3.06. The first-order valence-electron chi connectivity index (χ1n) is 9.47. The van der Waals surface area contributed by atoms with E-state index < -0.39 is 9.85 Å². The van der Waals surface area contributed by atoms with Gasteiger partial charge in [0.15, 0.2) is 0 Å². The zero-order valence-electron chi connectivity index (χ0n) is 16.4. The minimum absolute atomic E-state index is 0.00271. The summed E-state index contributed by atoms with van der Waals surface area (Å²) < 4.78 is 5.97. The molecule has 0 unspecified atom stereocenters. The number of ether oxygens (including phenoxy) is 1. The largest absolute Gasteiger partial charge is 0.457 e. The van der Waals surface area contributed by atoms with Crippen molar-refractivity contribution in [2.75, 3.05) is 11.4 Å². The molecular weight excluding hydrogens is 386 g/mol. The van der Waals surface area contributed by atoms with Gasteiger partial charge < -0.3 is 9.64 Å². The van der Waals surface area contributed by atoms with Gasteiger partial charge in [0.25, 0.3) is 11.4 Å². The Morgan fingerprint density at radius 3 is 1.97 bits per heavy atom. The first kappa shape index (κ1) is 20.8. The molecular formula is C22H21N3O5. The molecule has 3 aromatic carbocycles. The van der Waals surface area contributed by atoms with Crippen LogP contribution in [0.2, 0.25) is 0 Å². The Balaban J connectivity index is 1.82. The second-order valence-corrected chi connectivity index (χ2v) is 6.66. The van der Waals surface area contributed by atoms with Crippen LogP contribution in [0.4, 0.5) is 17.1 Å². The first-order valence-corrected chi connectivity index (χ1v) is 9.47. The van der Waals surface area contributed by atoms with Crippen molar-refractivity contribution in [2.24, 2.45) is 0 Å². The van der Waals surface area contributed by atoms with Crippen LogP contribution in [0.15, 0.2) is 72.8 Å². The topological polar surface area (TPSA) is 98.8 Å². The van der Waals surface area contributed by atoms with Crippen molar-refractivity contribution in [3.05, 3.63) is 98.6 Å². The number of non-ortho nitro benzene ring substituents is 2. The SMILES string of the molecule is CCCN(Cc1ccccc1Oc1ccc([N+](=O)[O-])cc1)c1ccc([N+](=O)[O-])cc1. The number of rotatable bonds is 9. The summed E-state index contributed by atoms with van der Waals surface area (Å²) in [5.41, 5.74) is 1.87. The quantitative estimate of drug-likeness (QED) is 0.333. The maximum absolute atomic E-state index is 10.9. The van der Waals surface area contributed by atoms with Crippen molar-refractivity contribution < 1.29 is 14.6 Å². The van der Waals surface area contributed by atoms with Crippen molar-refractivity contribution in [1.29, 1.82) is 0 Å². The molecule has 154 valence electrons. The summed E-state index contributed by atoms with van der Waals surface area (Å²) in [4.78, 5) is 23.0. The normalized spacial score (nSPS) is 10.4. The molecule has 8 nitrogen and oxygen atoms in total. The number of hydrogen-bond acceptors (Lipinski definition) is 6. The summed E-state index contributed by atoms with van der Waals surface area (Å²) in [6.07, 6.45) is 0.905. The van der Waals surface area contributed by atoms with Crippen LogP contribution in [0.5, 0.6) is 11.5 Å². The molecule has 8 heteroatoms. The fourth-order valence-corrected chi connectivity index (χ4v) is 3.06. The Bertz CT molecular complexity index is 1020. The number of para-hydroxylation sites is 1. The van der Waals surface area contributed by atoms with E-state index in [1.165, 1.54) is 24.3 Å². The molecule has 0 spiro atoms. The van der Waals surface area contributed by atoms with Crippen LogP contribution in [-0.4, -0.2) is 16.4 Å². The zero-order chi connectivity index (χ0) is 21.5. The van der Waals surface area contributed by atoms with E-state index >= 15 is 0 Å². The molecule has 0 aliphatic heterocycles. The maximum Gasteiger partial charge on any atom is 0.269 e. The molecule has 0 saturated carbocycles. The van der Waals surface area contributed by atoms with E-state index in [4.69, 9.17) is 4.74 Å². The van der Waals surface area contributed by atoms with Crippen molar-refractivity contribution in [3.63, 3.8) is 0 Å². The fraction of sp³-hybridized carbons (Fsp3) is 0.182. The highest BCUT2D eigenvalue weighted by Crippen LogP contribution is 2.29. The second kappa shape index (κ2) is 9.51. The van der Waals surface area contributed by atoms with E-state index in [1.807, 2.05) is 24.3 Å². The lowest BCUT2D eigenvalue weighted by molar-refractivity contribution is -0.385. The van der Waals surface area contributed by atoms with Gasteiger partial charge in [0.2, 0.25) is 0 Å². The monoisotopic (exact) mass is 407 g/mol. The molecule has 0 aliphatic carbocycles. The van der Waals surface area contributed by atoms with E-state index in [0.29, 0.717) is 18.0 Å².